The lowest BCUT2D eigenvalue weighted by Gasteiger charge is -2.44. The summed E-state index contributed by atoms with van der Waals surface area (Å²) in [6, 6.07) is 8.46. The monoisotopic (exact) mass is 307 g/mol. The molecule has 110 valence electrons. The molecule has 0 atom stereocenters. The summed E-state index contributed by atoms with van der Waals surface area (Å²) >= 11 is 6.36. The van der Waals surface area contributed by atoms with Crippen molar-refractivity contribution in [2.24, 2.45) is 0 Å². The molecular formula is C17H26ClNSi. The first-order chi connectivity index (χ1) is 9.33. The molecular weight excluding hydrogens is 282 g/mol. The van der Waals surface area contributed by atoms with Crippen LogP contribution in [0.25, 0.3) is 10.9 Å². The molecule has 0 N–H and O–H groups in total. The zero-order chi connectivity index (χ0) is 15.1. The second kappa shape index (κ2) is 5.57. The van der Waals surface area contributed by atoms with E-state index in [4.69, 9.17) is 11.6 Å². The minimum atomic E-state index is -1.68. The van der Waals surface area contributed by atoms with Crippen molar-refractivity contribution in [3.05, 3.63) is 35.5 Å². The average Bonchev–Trinajstić information content (AvgIpc) is 2.74. The first kappa shape index (κ1) is 15.7. The third-order valence-corrected chi connectivity index (χ3v) is 12.0. The molecule has 20 heavy (non-hydrogen) atoms. The van der Waals surface area contributed by atoms with Gasteiger partial charge in [0.2, 0.25) is 0 Å². The second-order valence-corrected chi connectivity index (χ2v) is 12.8. The maximum absolute atomic E-state index is 6.36. The summed E-state index contributed by atoms with van der Waals surface area (Å²) in [6.45, 7) is 14.3. The average molecular weight is 308 g/mol. The van der Waals surface area contributed by atoms with Crippen molar-refractivity contribution in [2.75, 3.05) is 0 Å². The van der Waals surface area contributed by atoms with Gasteiger partial charge in [0.05, 0.1) is 0 Å². The van der Waals surface area contributed by atoms with E-state index in [0.29, 0.717) is 16.6 Å². The molecule has 2 aromatic rings. The zero-order valence-corrected chi connectivity index (χ0v) is 15.2. The van der Waals surface area contributed by atoms with Crippen molar-refractivity contribution < 1.29 is 0 Å². The summed E-state index contributed by atoms with van der Waals surface area (Å²) in [5, 5.41) is 2.05. The van der Waals surface area contributed by atoms with E-state index in [2.05, 4.69) is 70.2 Å². The Morgan fingerprint density at radius 3 is 1.95 bits per heavy atom. The molecule has 1 aromatic carbocycles. The molecule has 0 aliphatic heterocycles. The second-order valence-electron chi connectivity index (χ2n) is 6.71. The smallest absolute Gasteiger partial charge is 0.169 e. The van der Waals surface area contributed by atoms with Gasteiger partial charge in [-0.15, -0.1) is 0 Å². The van der Waals surface area contributed by atoms with Gasteiger partial charge in [-0.1, -0.05) is 59.2 Å². The third kappa shape index (κ3) is 2.13. The van der Waals surface area contributed by atoms with Gasteiger partial charge in [-0.05, 0) is 41.0 Å². The molecule has 0 fully saturated rings. The van der Waals surface area contributed by atoms with E-state index in [9.17, 15) is 0 Å². The maximum atomic E-state index is 6.36. The molecule has 0 bridgehead atoms. The summed E-state index contributed by atoms with van der Waals surface area (Å²) in [5.41, 5.74) is 3.38. The Morgan fingerprint density at radius 1 is 0.900 bits per heavy atom. The number of halogens is 1. The number of hydrogen-bond acceptors (Lipinski definition) is 0. The van der Waals surface area contributed by atoms with Gasteiger partial charge in [-0.25, -0.2) is 0 Å². The SMILES string of the molecule is CC(C)[Si](C(C)C)(C(C)C)n1ccc2c(Cl)cccc21. The Hall–Kier alpha value is -0.733. The topological polar surface area (TPSA) is 4.93 Å². The van der Waals surface area contributed by atoms with Crippen molar-refractivity contribution in [1.29, 1.82) is 0 Å². The fourth-order valence-electron chi connectivity index (χ4n) is 4.30. The number of fused-ring (bicyclic) bond motifs is 1. The highest BCUT2D eigenvalue weighted by molar-refractivity contribution is 6.82. The van der Waals surface area contributed by atoms with Gasteiger partial charge in [0.25, 0.3) is 0 Å². The van der Waals surface area contributed by atoms with Crippen molar-refractivity contribution >= 4 is 30.7 Å². The minimum Gasteiger partial charge on any atom is -0.373 e. The summed E-state index contributed by atoms with van der Waals surface area (Å²) < 4.78 is 2.61. The van der Waals surface area contributed by atoms with Crippen molar-refractivity contribution in [3.63, 3.8) is 0 Å². The van der Waals surface area contributed by atoms with Gasteiger partial charge in [0.1, 0.15) is 0 Å². The van der Waals surface area contributed by atoms with E-state index in [1.54, 1.807) is 0 Å². The fraction of sp³-hybridized carbons (Fsp3) is 0.529. The third-order valence-electron chi connectivity index (χ3n) is 4.87. The summed E-state index contributed by atoms with van der Waals surface area (Å²) in [4.78, 5) is 0. The number of nitrogens with zero attached hydrogens (tertiary/aromatic N) is 1. The quantitative estimate of drug-likeness (QED) is 0.583. The van der Waals surface area contributed by atoms with Crippen LogP contribution in [-0.2, 0) is 0 Å². The lowest BCUT2D eigenvalue weighted by Crippen LogP contribution is -2.51. The Bertz CT molecular complexity index is 576. The Morgan fingerprint density at radius 2 is 1.45 bits per heavy atom. The predicted octanol–water partition coefficient (Wildman–Crippen LogP) is 6.32. The van der Waals surface area contributed by atoms with Crippen molar-refractivity contribution in [1.82, 2.24) is 4.23 Å². The van der Waals surface area contributed by atoms with E-state index in [1.165, 1.54) is 10.9 Å². The molecule has 0 saturated heterocycles. The van der Waals surface area contributed by atoms with Crippen LogP contribution >= 0.6 is 11.6 Å². The normalized spacial score (nSPS) is 13.1. The van der Waals surface area contributed by atoms with Crippen molar-refractivity contribution in [3.8, 4) is 0 Å². The molecule has 0 unspecified atom stereocenters. The predicted molar refractivity (Wildman–Crippen MR) is 93.4 cm³/mol. The van der Waals surface area contributed by atoms with Crippen LogP contribution in [-0.4, -0.2) is 12.5 Å². The molecule has 0 radical (unpaired) electrons. The molecule has 0 saturated carbocycles. The Kier molecular flexibility index (Phi) is 4.36. The van der Waals surface area contributed by atoms with E-state index in [-0.39, 0.29) is 0 Å². The molecule has 1 aromatic heterocycles. The fourth-order valence-corrected chi connectivity index (χ4v) is 11.1. The molecule has 3 heteroatoms. The lowest BCUT2D eigenvalue weighted by molar-refractivity contribution is 0.773. The zero-order valence-electron chi connectivity index (χ0n) is 13.4. The molecule has 0 spiro atoms. The van der Waals surface area contributed by atoms with Crippen LogP contribution in [0.4, 0.5) is 0 Å². The van der Waals surface area contributed by atoms with Gasteiger partial charge in [0.15, 0.2) is 8.24 Å². The molecule has 1 heterocycles. The molecule has 0 amide bonds. The van der Waals surface area contributed by atoms with Crippen LogP contribution < -0.4 is 0 Å². The number of hydrogen-bond donors (Lipinski definition) is 0. The van der Waals surface area contributed by atoms with Crippen LogP contribution in [0.1, 0.15) is 41.5 Å². The standard InChI is InChI=1S/C17H26ClNSi/c1-12(2)20(13(3)4,14(5)6)19-11-10-15-16(18)8-7-9-17(15)19/h7-14H,1-6H3. The van der Waals surface area contributed by atoms with Crippen LogP contribution in [0.15, 0.2) is 30.5 Å². The highest BCUT2D eigenvalue weighted by Gasteiger charge is 2.45. The van der Waals surface area contributed by atoms with Crippen LogP contribution in [0.5, 0.6) is 0 Å². The summed E-state index contributed by atoms with van der Waals surface area (Å²) in [7, 11) is -1.68. The summed E-state index contributed by atoms with van der Waals surface area (Å²) in [5.74, 6) is 0. The van der Waals surface area contributed by atoms with E-state index in [1.807, 2.05) is 6.07 Å². The van der Waals surface area contributed by atoms with Gasteiger partial charge in [0, 0.05) is 15.9 Å². The lowest BCUT2D eigenvalue weighted by atomic mass is 10.2. The molecule has 0 aliphatic carbocycles. The van der Waals surface area contributed by atoms with E-state index >= 15 is 0 Å². The van der Waals surface area contributed by atoms with E-state index in [0.717, 1.165) is 5.02 Å². The van der Waals surface area contributed by atoms with Crippen LogP contribution in [0.2, 0.25) is 21.6 Å². The van der Waals surface area contributed by atoms with Crippen LogP contribution in [0, 0.1) is 0 Å². The molecule has 2 rings (SSSR count). The maximum Gasteiger partial charge on any atom is 0.169 e. The molecule has 0 aliphatic rings. The number of rotatable bonds is 4. The van der Waals surface area contributed by atoms with Gasteiger partial charge in [-0.2, -0.15) is 0 Å². The highest BCUT2D eigenvalue weighted by atomic mass is 35.5. The van der Waals surface area contributed by atoms with Gasteiger partial charge in [-0.3, -0.25) is 0 Å². The van der Waals surface area contributed by atoms with Gasteiger partial charge < -0.3 is 4.23 Å². The number of benzene rings is 1. The van der Waals surface area contributed by atoms with Crippen LogP contribution in [0.3, 0.4) is 0 Å². The van der Waals surface area contributed by atoms with E-state index < -0.39 is 8.24 Å². The minimum absolute atomic E-state index is 0.692. The highest BCUT2D eigenvalue weighted by Crippen LogP contribution is 2.44. The van der Waals surface area contributed by atoms with Gasteiger partial charge >= 0.3 is 0 Å². The largest absolute Gasteiger partial charge is 0.373 e. The van der Waals surface area contributed by atoms with Crippen molar-refractivity contribution in [2.45, 2.75) is 58.2 Å². The molecule has 1 nitrogen and oxygen atoms in total. The summed E-state index contributed by atoms with van der Waals surface area (Å²) in [6.07, 6.45) is 2.28. The Labute approximate surface area is 129 Å². The first-order valence-corrected chi connectivity index (χ1v) is 10.1. The Balaban J connectivity index is 2.79. The first-order valence-electron chi connectivity index (χ1n) is 7.59. The number of aromatic nitrogens is 1.